The first kappa shape index (κ1) is 38.9. The van der Waals surface area contributed by atoms with Crippen molar-refractivity contribution in [1.29, 1.82) is 0 Å². The van der Waals surface area contributed by atoms with Crippen molar-refractivity contribution in [3.8, 4) is 5.88 Å². The third kappa shape index (κ3) is 7.88. The minimum absolute atomic E-state index is 0.0488. The van der Waals surface area contributed by atoms with Gasteiger partial charge < -0.3 is 14.4 Å². The first-order valence-corrected chi connectivity index (χ1v) is 21.0. The van der Waals surface area contributed by atoms with Crippen LogP contribution < -0.4 is 9.46 Å². The second kappa shape index (κ2) is 14.3. The van der Waals surface area contributed by atoms with Crippen LogP contribution in [0.25, 0.3) is 16.7 Å². The van der Waals surface area contributed by atoms with Gasteiger partial charge in [-0.15, -0.1) is 0 Å². The van der Waals surface area contributed by atoms with Crippen molar-refractivity contribution in [2.24, 2.45) is 29.1 Å². The number of carbonyl (C=O) groups is 4. The zero-order chi connectivity index (χ0) is 39.5. The highest BCUT2D eigenvalue weighted by molar-refractivity contribution is 7.91. The van der Waals surface area contributed by atoms with Crippen molar-refractivity contribution in [3.63, 3.8) is 0 Å². The Morgan fingerprint density at radius 2 is 1.84 bits per heavy atom. The lowest BCUT2D eigenvalue weighted by Crippen LogP contribution is -2.48. The van der Waals surface area contributed by atoms with Crippen LogP contribution >= 0.6 is 0 Å². The van der Waals surface area contributed by atoms with E-state index in [-0.39, 0.29) is 55.3 Å². The number of hydrogen-bond donors (Lipinski definition) is 1. The quantitative estimate of drug-likeness (QED) is 0.237. The van der Waals surface area contributed by atoms with Gasteiger partial charge in [0.1, 0.15) is 11.7 Å². The van der Waals surface area contributed by atoms with Gasteiger partial charge in [-0.05, 0) is 96.1 Å². The zero-order valence-corrected chi connectivity index (χ0v) is 33.4. The smallest absolute Gasteiger partial charge is 0.307 e. The lowest BCUT2D eigenvalue weighted by Gasteiger charge is -2.32. The predicted molar refractivity (Wildman–Crippen MR) is 205 cm³/mol. The summed E-state index contributed by atoms with van der Waals surface area (Å²) in [6.45, 7) is 11.1. The maximum absolute atomic E-state index is 14.9. The van der Waals surface area contributed by atoms with Crippen LogP contribution in [0.3, 0.4) is 0 Å². The van der Waals surface area contributed by atoms with Crippen molar-refractivity contribution in [2.75, 3.05) is 6.54 Å². The average molecular weight is 776 g/mol. The summed E-state index contributed by atoms with van der Waals surface area (Å²) in [4.78, 5) is 67.5. The molecule has 1 aromatic carbocycles. The van der Waals surface area contributed by atoms with Gasteiger partial charge in [-0.3, -0.25) is 28.3 Å². The number of fused-ring (bicyclic) bond motifs is 5. The number of imidazole rings is 1. The van der Waals surface area contributed by atoms with Crippen LogP contribution in [-0.4, -0.2) is 80.3 Å². The van der Waals surface area contributed by atoms with Gasteiger partial charge in [0, 0.05) is 25.2 Å². The minimum Gasteiger partial charge on any atom is -0.472 e. The summed E-state index contributed by atoms with van der Waals surface area (Å²) in [5.41, 5.74) is -1.19. The zero-order valence-electron chi connectivity index (χ0n) is 32.6. The second-order valence-corrected chi connectivity index (χ2v) is 19.9. The molecule has 7 rings (SSSR count). The van der Waals surface area contributed by atoms with Gasteiger partial charge in [-0.1, -0.05) is 38.1 Å². The van der Waals surface area contributed by atoms with Crippen LogP contribution in [0.2, 0.25) is 0 Å². The Balaban J connectivity index is 1.24. The molecule has 14 heteroatoms. The van der Waals surface area contributed by atoms with E-state index in [1.807, 2.05) is 53.9 Å². The lowest BCUT2D eigenvalue weighted by atomic mass is 9.82. The Bertz CT molecular complexity index is 2150. The molecule has 1 saturated heterocycles. The normalized spacial score (nSPS) is 30.5. The van der Waals surface area contributed by atoms with Crippen LogP contribution in [0.5, 0.6) is 5.88 Å². The Kier molecular flexibility index (Phi) is 10.1. The molecule has 2 aliphatic heterocycles. The Morgan fingerprint density at radius 1 is 1.09 bits per heavy atom. The summed E-state index contributed by atoms with van der Waals surface area (Å²) >= 11 is 0. The second-order valence-electron chi connectivity index (χ2n) is 17.7. The molecule has 13 nitrogen and oxygen atoms in total. The number of hydrogen-bond acceptors (Lipinski definition) is 10. The number of benzene rings is 1. The van der Waals surface area contributed by atoms with E-state index in [1.165, 1.54) is 4.90 Å². The van der Waals surface area contributed by atoms with E-state index in [9.17, 15) is 27.6 Å². The molecule has 2 aromatic heterocycles. The van der Waals surface area contributed by atoms with Gasteiger partial charge in [0.15, 0.2) is 5.78 Å². The molecule has 7 atom stereocenters. The highest BCUT2D eigenvalue weighted by atomic mass is 32.2. The molecule has 55 heavy (non-hydrogen) atoms. The van der Waals surface area contributed by atoms with Crippen LogP contribution in [-0.2, 0) is 33.9 Å². The molecule has 0 spiro atoms. The van der Waals surface area contributed by atoms with Crippen molar-refractivity contribution in [2.45, 2.75) is 122 Å². The fourth-order valence-corrected chi connectivity index (χ4v) is 9.81. The molecule has 3 aromatic rings. The number of nitrogens with zero attached hydrogens (tertiary/aromatic N) is 4. The first-order chi connectivity index (χ1) is 25.9. The molecule has 4 aliphatic rings. The highest BCUT2D eigenvalue weighted by Gasteiger charge is 2.62. The summed E-state index contributed by atoms with van der Waals surface area (Å²) in [6.07, 6.45) is 9.96. The van der Waals surface area contributed by atoms with Crippen LogP contribution in [0.4, 0.5) is 0 Å². The number of rotatable bonds is 7. The molecular formula is C41H53N5O8S. The predicted octanol–water partition coefficient (Wildman–Crippen LogP) is 5.56. The van der Waals surface area contributed by atoms with E-state index < -0.39 is 55.7 Å². The Labute approximate surface area is 322 Å². The van der Waals surface area contributed by atoms with Crippen molar-refractivity contribution in [3.05, 3.63) is 48.8 Å². The van der Waals surface area contributed by atoms with E-state index in [1.54, 1.807) is 33.9 Å². The van der Waals surface area contributed by atoms with Gasteiger partial charge in [0.25, 0.3) is 0 Å². The first-order valence-electron chi connectivity index (χ1n) is 19.6. The largest absolute Gasteiger partial charge is 0.472 e. The van der Waals surface area contributed by atoms with E-state index in [4.69, 9.17) is 9.47 Å². The number of para-hydroxylation sites is 1. The number of allylic oxidation sites excluding steroid dienone is 2. The number of ketones is 1. The van der Waals surface area contributed by atoms with E-state index in [0.717, 1.165) is 23.7 Å². The van der Waals surface area contributed by atoms with Gasteiger partial charge in [0.2, 0.25) is 33.5 Å². The SMILES string of the molecule is CC1CC/C=C\[C@@H]2C[C@@]2(C(=O)NS(=O)(=O)C2(C)CC2)CC(=O)[C@@H]2C[C@@H](Oc3nc4nccn4c4ccccc34)CN2C(=O)[C@@H](CC(=O)OC(C)(C)C)[C@H](C)C1. The van der Waals surface area contributed by atoms with E-state index in [2.05, 4.69) is 21.6 Å². The number of Topliss-reactive ketones (excluding diaryl/α,β-unsaturated/α-hetero) is 1. The van der Waals surface area contributed by atoms with Gasteiger partial charge in [0.05, 0.1) is 46.0 Å². The molecule has 2 aliphatic carbocycles. The molecule has 4 heterocycles. The van der Waals surface area contributed by atoms with E-state index >= 15 is 0 Å². The molecule has 1 unspecified atom stereocenters. The minimum atomic E-state index is -3.95. The van der Waals surface area contributed by atoms with Crippen molar-refractivity contribution < 1.29 is 37.1 Å². The summed E-state index contributed by atoms with van der Waals surface area (Å²) in [7, 11) is -3.95. The Hall–Kier alpha value is -4.33. The number of sulfonamides is 1. The van der Waals surface area contributed by atoms with Gasteiger partial charge >= 0.3 is 5.97 Å². The average Bonchev–Trinajstić information content (AvgIpc) is 3.89. The van der Waals surface area contributed by atoms with Crippen molar-refractivity contribution in [1.82, 2.24) is 24.0 Å². The highest BCUT2D eigenvalue weighted by Crippen LogP contribution is 2.57. The van der Waals surface area contributed by atoms with Gasteiger partial charge in [-0.2, -0.15) is 4.98 Å². The third-order valence-corrected chi connectivity index (χ3v) is 14.3. The molecule has 1 N–H and O–H groups in total. The topological polar surface area (TPSA) is 166 Å². The number of amides is 2. The molecule has 296 valence electrons. The molecule has 3 fully saturated rings. The van der Waals surface area contributed by atoms with Gasteiger partial charge in [-0.25, -0.2) is 13.4 Å². The molecule has 2 saturated carbocycles. The molecule has 0 radical (unpaired) electrons. The molecule has 0 bridgehead atoms. The monoisotopic (exact) mass is 775 g/mol. The van der Waals surface area contributed by atoms with Crippen LogP contribution in [0.1, 0.15) is 99.3 Å². The number of ether oxygens (including phenoxy) is 2. The summed E-state index contributed by atoms with van der Waals surface area (Å²) < 4.78 is 41.9. The lowest BCUT2D eigenvalue weighted by molar-refractivity contribution is -0.160. The number of aromatic nitrogens is 3. The maximum atomic E-state index is 14.9. The number of nitrogens with one attached hydrogen (secondary N) is 1. The van der Waals surface area contributed by atoms with Crippen LogP contribution in [0, 0.1) is 29.1 Å². The Morgan fingerprint density at radius 3 is 2.56 bits per heavy atom. The fraction of sp³-hybridized carbons (Fsp3) is 0.610. The third-order valence-electron chi connectivity index (χ3n) is 12.1. The maximum Gasteiger partial charge on any atom is 0.307 e. The standard InChI is InChI=1S/C41H53N5O8S/c1-25-11-7-8-12-27-22-41(27,37(50)44-55(51,52)40(6)15-16-40)23-33(47)32-20-28(53-35-29-13-9-10-14-31(29)45-18-17-42-38(45)43-35)24-46(32)36(49)30(26(2)19-25)21-34(48)54-39(3,4)5/h8-10,12-14,17-18,25-28,30,32H,7,11,15-16,19-24H2,1-6H3,(H,44,50)/b12-8-/t25?,26-,27-,28-,30+,32+,41-/m1/s1. The van der Waals surface area contributed by atoms with Crippen LogP contribution in [0.15, 0.2) is 48.8 Å². The van der Waals surface area contributed by atoms with E-state index in [0.29, 0.717) is 37.3 Å². The summed E-state index contributed by atoms with van der Waals surface area (Å²) in [6, 6.07) is 6.62. The number of carbonyl (C=O) groups excluding carboxylic acids is 4. The fourth-order valence-electron chi connectivity index (χ4n) is 8.48. The van der Waals surface area contributed by atoms with Crippen molar-refractivity contribution >= 4 is 50.3 Å². The molecule has 2 amide bonds. The number of esters is 1. The summed E-state index contributed by atoms with van der Waals surface area (Å²) in [5, 5.41) is 0.731. The summed E-state index contributed by atoms with van der Waals surface area (Å²) in [5.74, 6) is -2.23. The molecular weight excluding hydrogens is 723 g/mol.